The minimum atomic E-state index is -1.45. The van der Waals surface area contributed by atoms with E-state index in [2.05, 4.69) is 10.3 Å². The number of amides is 2. The van der Waals surface area contributed by atoms with Crippen LogP contribution in [0.4, 0.5) is 0 Å². The Morgan fingerprint density at radius 3 is 2.64 bits per heavy atom. The number of carbonyl (C=O) groups is 3. The van der Waals surface area contributed by atoms with E-state index in [-0.39, 0.29) is 0 Å². The van der Waals surface area contributed by atoms with Gasteiger partial charge in [0.05, 0.1) is 0 Å². The van der Waals surface area contributed by atoms with Crippen molar-refractivity contribution in [1.82, 2.24) is 5.43 Å². The molecular weight excluding hydrogens is 152 g/mol. The van der Waals surface area contributed by atoms with E-state index in [0.717, 1.165) is 0 Å². The van der Waals surface area contributed by atoms with Gasteiger partial charge >= 0.3 is 5.91 Å². The Morgan fingerprint density at radius 2 is 2.18 bits per heavy atom. The molecule has 0 aromatic rings. The number of nitrogens with one attached hydrogen (secondary N) is 1. The lowest BCUT2D eigenvalue weighted by Gasteiger charge is -2.08. The zero-order valence-corrected chi connectivity index (χ0v) is 5.27. The van der Waals surface area contributed by atoms with Gasteiger partial charge in [-0.15, -0.1) is 5.11 Å². The SMILES string of the molecule is NC(=O)C1N=NNC(=O)C1=O. The molecule has 58 valence electrons. The average molecular weight is 156 g/mol. The largest absolute Gasteiger partial charge is 0.367 e. The highest BCUT2D eigenvalue weighted by Crippen LogP contribution is 1.98. The molecule has 0 aliphatic carbocycles. The third kappa shape index (κ3) is 1.20. The first-order chi connectivity index (χ1) is 5.13. The average Bonchev–Trinajstić information content (AvgIpc) is 1.94. The summed E-state index contributed by atoms with van der Waals surface area (Å²) in [5, 5.41) is 6.14. The monoisotopic (exact) mass is 156 g/mol. The van der Waals surface area contributed by atoms with Crippen molar-refractivity contribution in [2.24, 2.45) is 16.1 Å². The molecule has 7 heteroatoms. The summed E-state index contributed by atoms with van der Waals surface area (Å²) in [6.07, 6.45) is 0. The normalized spacial score (nSPS) is 23.1. The van der Waals surface area contributed by atoms with Crippen LogP contribution in [-0.2, 0) is 14.4 Å². The predicted octanol–water partition coefficient (Wildman–Crippen LogP) is -2.09. The Morgan fingerprint density at radius 1 is 1.55 bits per heavy atom. The van der Waals surface area contributed by atoms with E-state index in [0.29, 0.717) is 0 Å². The number of primary amides is 1. The number of carbonyl (C=O) groups excluding carboxylic acids is 3. The number of nitrogens with zero attached hydrogens (tertiary/aromatic N) is 2. The van der Waals surface area contributed by atoms with E-state index in [4.69, 9.17) is 5.73 Å². The smallest absolute Gasteiger partial charge is 0.311 e. The second kappa shape index (κ2) is 2.45. The van der Waals surface area contributed by atoms with Crippen molar-refractivity contribution in [2.75, 3.05) is 0 Å². The quantitative estimate of drug-likeness (QED) is 0.335. The molecule has 1 aliphatic rings. The molecule has 0 saturated carbocycles. The molecular formula is C4H4N4O3. The van der Waals surface area contributed by atoms with Crippen molar-refractivity contribution < 1.29 is 14.4 Å². The number of nitrogens with two attached hydrogens (primary N) is 1. The molecule has 1 atom stereocenters. The summed E-state index contributed by atoms with van der Waals surface area (Å²) in [6.45, 7) is 0. The minimum Gasteiger partial charge on any atom is -0.367 e. The number of hydrogen-bond donors (Lipinski definition) is 2. The highest BCUT2D eigenvalue weighted by Gasteiger charge is 2.32. The standard InChI is InChI=1S/C4H4N4O3/c5-3(10)1-2(9)4(11)7-8-6-1/h1H,(H2,5,10)(H,6,7,11). The Balaban J connectivity index is 2.89. The minimum absolute atomic E-state index is 0.969. The molecule has 1 unspecified atom stereocenters. The maximum Gasteiger partial charge on any atom is 0.311 e. The van der Waals surface area contributed by atoms with E-state index in [9.17, 15) is 14.4 Å². The van der Waals surface area contributed by atoms with Gasteiger partial charge < -0.3 is 5.73 Å². The Kier molecular flexibility index (Phi) is 1.63. The summed E-state index contributed by atoms with van der Waals surface area (Å²) >= 11 is 0. The molecule has 0 aromatic heterocycles. The molecule has 1 heterocycles. The second-order valence-corrected chi connectivity index (χ2v) is 1.83. The molecule has 0 bridgehead atoms. The Labute approximate surface area is 60.6 Å². The number of rotatable bonds is 1. The fourth-order valence-corrected chi connectivity index (χ4v) is 0.550. The van der Waals surface area contributed by atoms with Gasteiger partial charge in [-0.2, -0.15) is 0 Å². The van der Waals surface area contributed by atoms with E-state index in [1.807, 2.05) is 0 Å². The molecule has 0 aromatic carbocycles. The number of Topliss-reactive ketones (excluding diaryl/α,β-unsaturated/α-hetero) is 1. The summed E-state index contributed by atoms with van der Waals surface area (Å²) in [5.41, 5.74) is 6.50. The lowest BCUT2D eigenvalue weighted by molar-refractivity contribution is -0.142. The fourth-order valence-electron chi connectivity index (χ4n) is 0.550. The van der Waals surface area contributed by atoms with Crippen LogP contribution in [0.5, 0.6) is 0 Å². The van der Waals surface area contributed by atoms with Crippen LogP contribution < -0.4 is 11.2 Å². The molecule has 7 nitrogen and oxygen atoms in total. The lowest BCUT2D eigenvalue weighted by atomic mass is 10.2. The van der Waals surface area contributed by atoms with E-state index >= 15 is 0 Å². The third-order valence-electron chi connectivity index (χ3n) is 1.07. The first kappa shape index (κ1) is 7.32. The van der Waals surface area contributed by atoms with Crippen LogP contribution in [-0.4, -0.2) is 23.6 Å². The zero-order valence-electron chi connectivity index (χ0n) is 5.27. The van der Waals surface area contributed by atoms with Crippen molar-refractivity contribution >= 4 is 17.6 Å². The highest BCUT2D eigenvalue weighted by molar-refractivity contribution is 6.42. The van der Waals surface area contributed by atoms with E-state index in [1.54, 1.807) is 5.43 Å². The van der Waals surface area contributed by atoms with Crippen LogP contribution in [0.3, 0.4) is 0 Å². The van der Waals surface area contributed by atoms with Gasteiger partial charge in [0.2, 0.25) is 6.04 Å². The van der Waals surface area contributed by atoms with E-state index < -0.39 is 23.6 Å². The first-order valence-electron chi connectivity index (χ1n) is 2.66. The van der Waals surface area contributed by atoms with Gasteiger partial charge in [-0.3, -0.25) is 14.4 Å². The molecule has 0 radical (unpaired) electrons. The molecule has 11 heavy (non-hydrogen) atoms. The van der Waals surface area contributed by atoms with Crippen molar-refractivity contribution in [3.05, 3.63) is 0 Å². The topological polar surface area (TPSA) is 114 Å². The lowest BCUT2D eigenvalue weighted by Crippen LogP contribution is -2.45. The van der Waals surface area contributed by atoms with Gasteiger partial charge in [0.1, 0.15) is 0 Å². The maximum atomic E-state index is 10.7. The molecule has 3 N–H and O–H groups in total. The predicted molar refractivity (Wildman–Crippen MR) is 31.0 cm³/mol. The highest BCUT2D eigenvalue weighted by atomic mass is 16.2. The fraction of sp³-hybridized carbons (Fsp3) is 0.250. The molecule has 1 aliphatic heterocycles. The van der Waals surface area contributed by atoms with Crippen molar-refractivity contribution in [3.63, 3.8) is 0 Å². The molecule has 0 fully saturated rings. The van der Waals surface area contributed by atoms with Gasteiger partial charge in [0, 0.05) is 0 Å². The number of ketones is 1. The van der Waals surface area contributed by atoms with Gasteiger partial charge in [-0.05, 0) is 0 Å². The van der Waals surface area contributed by atoms with E-state index in [1.165, 1.54) is 0 Å². The summed E-state index contributed by atoms with van der Waals surface area (Å²) in [7, 11) is 0. The van der Waals surface area contributed by atoms with Crippen LogP contribution >= 0.6 is 0 Å². The summed E-state index contributed by atoms with van der Waals surface area (Å²) in [6, 6.07) is -1.45. The molecule has 0 saturated heterocycles. The summed E-state index contributed by atoms with van der Waals surface area (Å²) in [4.78, 5) is 31.6. The first-order valence-corrected chi connectivity index (χ1v) is 2.66. The molecule has 2 amide bonds. The van der Waals surface area contributed by atoms with Crippen molar-refractivity contribution in [1.29, 1.82) is 0 Å². The molecule has 0 spiro atoms. The van der Waals surface area contributed by atoms with Gasteiger partial charge in [0.25, 0.3) is 11.7 Å². The number of hydrogen-bond acceptors (Lipinski definition) is 5. The van der Waals surface area contributed by atoms with Crippen LogP contribution in [0.1, 0.15) is 0 Å². The van der Waals surface area contributed by atoms with Gasteiger partial charge in [-0.1, -0.05) is 5.22 Å². The van der Waals surface area contributed by atoms with Crippen LogP contribution in [0.2, 0.25) is 0 Å². The van der Waals surface area contributed by atoms with Crippen LogP contribution in [0, 0.1) is 0 Å². The van der Waals surface area contributed by atoms with Crippen molar-refractivity contribution in [3.8, 4) is 0 Å². The van der Waals surface area contributed by atoms with Gasteiger partial charge in [-0.25, -0.2) is 5.43 Å². The Bertz CT molecular complexity index is 258. The van der Waals surface area contributed by atoms with Crippen molar-refractivity contribution in [2.45, 2.75) is 6.04 Å². The Hall–Kier alpha value is -1.79. The third-order valence-corrected chi connectivity index (χ3v) is 1.07. The van der Waals surface area contributed by atoms with Crippen LogP contribution in [0.25, 0.3) is 0 Å². The van der Waals surface area contributed by atoms with Gasteiger partial charge in [0.15, 0.2) is 0 Å². The second-order valence-electron chi connectivity index (χ2n) is 1.83. The maximum absolute atomic E-state index is 10.7. The molecule has 1 rings (SSSR count). The zero-order chi connectivity index (χ0) is 8.43. The van der Waals surface area contributed by atoms with Crippen LogP contribution in [0.15, 0.2) is 10.3 Å². The summed E-state index contributed by atoms with van der Waals surface area (Å²) in [5.74, 6) is -2.93. The summed E-state index contributed by atoms with van der Waals surface area (Å²) < 4.78 is 0.